The number of nitrogens with one attached hydrogen (secondary N) is 1. The largest absolute Gasteiger partial charge is 0.508 e. The third-order valence-corrected chi connectivity index (χ3v) is 2.89. The first-order valence-electron chi connectivity index (χ1n) is 6.79. The van der Waals surface area contributed by atoms with Crippen LogP contribution in [0.1, 0.15) is 28.8 Å². The molecule has 0 saturated heterocycles. The van der Waals surface area contributed by atoms with Crippen LogP contribution in [0.25, 0.3) is 0 Å². The molecule has 112 valence electrons. The minimum absolute atomic E-state index is 0.117. The van der Waals surface area contributed by atoms with Crippen LogP contribution >= 0.6 is 0 Å². The van der Waals surface area contributed by atoms with Crippen LogP contribution in [-0.4, -0.2) is 44.5 Å². The van der Waals surface area contributed by atoms with Crippen molar-refractivity contribution in [3.8, 4) is 5.75 Å². The molecule has 5 heteroatoms. The molecule has 0 radical (unpaired) electrons. The number of hydrogen-bond donors (Lipinski definition) is 2. The van der Waals surface area contributed by atoms with Crippen molar-refractivity contribution in [1.82, 2.24) is 5.32 Å². The number of carbonyl (C=O) groups excluding carboxylic acids is 1. The molecule has 0 saturated carbocycles. The summed E-state index contributed by atoms with van der Waals surface area (Å²) in [6, 6.07) is 4.83. The molecule has 1 rings (SSSR count). The average Bonchev–Trinajstić information content (AvgIpc) is 2.44. The summed E-state index contributed by atoms with van der Waals surface area (Å²) < 4.78 is 10.2. The van der Waals surface area contributed by atoms with Crippen molar-refractivity contribution in [3.63, 3.8) is 0 Å². The van der Waals surface area contributed by atoms with Crippen LogP contribution in [0.5, 0.6) is 5.75 Å². The van der Waals surface area contributed by atoms with E-state index >= 15 is 0 Å². The number of ether oxygens (including phenoxy) is 2. The summed E-state index contributed by atoms with van der Waals surface area (Å²) in [6.07, 6.45) is 1.77. The molecule has 0 aromatic heterocycles. The quantitative estimate of drug-likeness (QED) is 0.678. The first-order chi connectivity index (χ1) is 9.65. The lowest BCUT2D eigenvalue weighted by Gasteiger charge is -2.07. The Bertz CT molecular complexity index is 420. The average molecular weight is 281 g/mol. The molecular weight excluding hydrogens is 258 g/mol. The second-order valence-electron chi connectivity index (χ2n) is 4.57. The molecule has 2 N–H and O–H groups in total. The molecule has 0 unspecified atom stereocenters. The highest BCUT2D eigenvalue weighted by molar-refractivity contribution is 5.94. The number of amides is 1. The molecule has 0 spiro atoms. The van der Waals surface area contributed by atoms with Crippen molar-refractivity contribution < 1.29 is 19.4 Å². The van der Waals surface area contributed by atoms with Gasteiger partial charge in [0.2, 0.25) is 0 Å². The standard InChI is InChI=1S/C15H23NO4/c1-12-11-13(5-6-14(12)17)15(18)16-7-3-4-8-20-10-9-19-2/h5-6,11,17H,3-4,7-10H2,1-2H3,(H,16,18). The van der Waals surface area contributed by atoms with Crippen LogP contribution in [0.4, 0.5) is 0 Å². The fraction of sp³-hybridized carbons (Fsp3) is 0.533. The number of hydrogen-bond acceptors (Lipinski definition) is 4. The van der Waals surface area contributed by atoms with Crippen molar-refractivity contribution >= 4 is 5.91 Å². The second-order valence-corrected chi connectivity index (χ2v) is 4.57. The molecule has 0 aliphatic heterocycles. The van der Waals surface area contributed by atoms with E-state index in [2.05, 4.69) is 5.32 Å². The Morgan fingerprint density at radius 3 is 2.75 bits per heavy atom. The topological polar surface area (TPSA) is 67.8 Å². The summed E-state index contributed by atoms with van der Waals surface area (Å²) in [5, 5.41) is 12.3. The number of benzene rings is 1. The van der Waals surface area contributed by atoms with Gasteiger partial charge in [-0.2, -0.15) is 0 Å². The van der Waals surface area contributed by atoms with E-state index in [-0.39, 0.29) is 11.7 Å². The molecule has 0 atom stereocenters. The van der Waals surface area contributed by atoms with Gasteiger partial charge in [-0.3, -0.25) is 4.79 Å². The number of carbonyl (C=O) groups is 1. The zero-order valence-electron chi connectivity index (χ0n) is 12.1. The van der Waals surface area contributed by atoms with Crippen LogP contribution in [0.2, 0.25) is 0 Å². The molecule has 5 nitrogen and oxygen atoms in total. The zero-order valence-corrected chi connectivity index (χ0v) is 12.1. The first kappa shape index (κ1) is 16.5. The van der Waals surface area contributed by atoms with Crippen LogP contribution in [0.15, 0.2) is 18.2 Å². The van der Waals surface area contributed by atoms with Crippen molar-refractivity contribution in [1.29, 1.82) is 0 Å². The Kier molecular flexibility index (Phi) is 7.69. The third kappa shape index (κ3) is 6.04. The Balaban J connectivity index is 2.15. The number of unbranched alkanes of at least 4 members (excludes halogenated alkanes) is 1. The lowest BCUT2D eigenvalue weighted by Crippen LogP contribution is -2.24. The lowest BCUT2D eigenvalue weighted by atomic mass is 10.1. The van der Waals surface area contributed by atoms with E-state index in [1.54, 1.807) is 26.2 Å². The maximum absolute atomic E-state index is 11.8. The number of aryl methyl sites for hydroxylation is 1. The summed E-state index contributed by atoms with van der Waals surface area (Å²) in [5.74, 6) is 0.0863. The van der Waals surface area contributed by atoms with Crippen molar-refractivity contribution in [2.75, 3.05) is 33.5 Å². The Morgan fingerprint density at radius 1 is 1.25 bits per heavy atom. The number of aromatic hydroxyl groups is 1. The predicted octanol–water partition coefficient (Wildman–Crippen LogP) is 1.87. The van der Waals surface area contributed by atoms with Crippen LogP contribution < -0.4 is 5.32 Å². The maximum atomic E-state index is 11.8. The van der Waals surface area contributed by atoms with Crippen molar-refractivity contribution in [2.45, 2.75) is 19.8 Å². The summed E-state index contributed by atoms with van der Waals surface area (Å²) in [7, 11) is 1.64. The van der Waals surface area contributed by atoms with E-state index in [0.717, 1.165) is 12.8 Å². The minimum atomic E-state index is -0.117. The minimum Gasteiger partial charge on any atom is -0.508 e. The van der Waals surface area contributed by atoms with Gasteiger partial charge in [-0.25, -0.2) is 0 Å². The van der Waals surface area contributed by atoms with E-state index in [9.17, 15) is 9.90 Å². The van der Waals surface area contributed by atoms with Gasteiger partial charge in [0.25, 0.3) is 5.91 Å². The third-order valence-electron chi connectivity index (χ3n) is 2.89. The Labute approximate surface area is 119 Å². The monoisotopic (exact) mass is 281 g/mol. The summed E-state index contributed by atoms with van der Waals surface area (Å²) in [4.78, 5) is 11.8. The fourth-order valence-electron chi connectivity index (χ4n) is 1.67. The van der Waals surface area contributed by atoms with Gasteiger partial charge in [0.15, 0.2) is 0 Å². The molecule has 1 aromatic rings. The predicted molar refractivity (Wildman–Crippen MR) is 77.1 cm³/mol. The molecule has 1 amide bonds. The fourth-order valence-corrected chi connectivity index (χ4v) is 1.67. The molecular formula is C15H23NO4. The summed E-state index contributed by atoms with van der Waals surface area (Å²) in [5.41, 5.74) is 1.26. The van der Waals surface area contributed by atoms with Gasteiger partial charge in [0.05, 0.1) is 13.2 Å². The molecule has 0 heterocycles. The van der Waals surface area contributed by atoms with E-state index in [0.29, 0.717) is 37.5 Å². The molecule has 0 aliphatic rings. The summed E-state index contributed by atoms with van der Waals surface area (Å²) in [6.45, 7) is 4.28. The van der Waals surface area contributed by atoms with Gasteiger partial charge < -0.3 is 19.9 Å². The van der Waals surface area contributed by atoms with E-state index < -0.39 is 0 Å². The Morgan fingerprint density at radius 2 is 2.05 bits per heavy atom. The second kappa shape index (κ2) is 9.34. The van der Waals surface area contributed by atoms with Gasteiger partial charge in [0.1, 0.15) is 5.75 Å². The van der Waals surface area contributed by atoms with Crippen molar-refractivity contribution in [3.05, 3.63) is 29.3 Å². The smallest absolute Gasteiger partial charge is 0.251 e. The maximum Gasteiger partial charge on any atom is 0.251 e. The Hall–Kier alpha value is -1.59. The highest BCUT2D eigenvalue weighted by Gasteiger charge is 2.06. The number of phenolic OH excluding ortho intramolecular Hbond substituents is 1. The van der Waals surface area contributed by atoms with Gasteiger partial charge in [0, 0.05) is 25.8 Å². The van der Waals surface area contributed by atoms with Crippen LogP contribution in [0, 0.1) is 6.92 Å². The van der Waals surface area contributed by atoms with E-state index in [1.807, 2.05) is 0 Å². The highest BCUT2D eigenvalue weighted by atomic mass is 16.5. The summed E-state index contributed by atoms with van der Waals surface area (Å²) >= 11 is 0. The van der Waals surface area contributed by atoms with Crippen LogP contribution in [-0.2, 0) is 9.47 Å². The van der Waals surface area contributed by atoms with Crippen molar-refractivity contribution in [2.24, 2.45) is 0 Å². The molecule has 0 bridgehead atoms. The molecule has 0 fully saturated rings. The van der Waals surface area contributed by atoms with Gasteiger partial charge in [-0.1, -0.05) is 0 Å². The van der Waals surface area contributed by atoms with Gasteiger partial charge in [-0.05, 0) is 43.5 Å². The SMILES string of the molecule is COCCOCCCCNC(=O)c1ccc(O)c(C)c1. The van der Waals surface area contributed by atoms with Crippen LogP contribution in [0.3, 0.4) is 0 Å². The lowest BCUT2D eigenvalue weighted by molar-refractivity contribution is 0.0686. The highest BCUT2D eigenvalue weighted by Crippen LogP contribution is 2.16. The van der Waals surface area contributed by atoms with E-state index in [4.69, 9.17) is 9.47 Å². The molecule has 0 aliphatic carbocycles. The number of phenols is 1. The zero-order chi connectivity index (χ0) is 14.8. The number of rotatable bonds is 9. The number of methoxy groups -OCH3 is 1. The normalized spacial score (nSPS) is 10.5. The van der Waals surface area contributed by atoms with E-state index in [1.165, 1.54) is 6.07 Å². The van der Waals surface area contributed by atoms with Gasteiger partial charge >= 0.3 is 0 Å². The van der Waals surface area contributed by atoms with Gasteiger partial charge in [-0.15, -0.1) is 0 Å². The molecule has 20 heavy (non-hydrogen) atoms. The molecule has 1 aromatic carbocycles. The first-order valence-corrected chi connectivity index (χ1v) is 6.79.